The number of carbonyl (C=O) groups is 1. The molecule has 1 atom stereocenters. The third-order valence-electron chi connectivity index (χ3n) is 4.25. The summed E-state index contributed by atoms with van der Waals surface area (Å²) in [6, 6.07) is 13.3. The highest BCUT2D eigenvalue weighted by Crippen LogP contribution is 2.22. The maximum atomic E-state index is 12.9. The first kappa shape index (κ1) is 16.5. The van der Waals surface area contributed by atoms with Crippen molar-refractivity contribution in [1.29, 1.82) is 0 Å². The van der Waals surface area contributed by atoms with Gasteiger partial charge >= 0.3 is 6.03 Å². The lowest BCUT2D eigenvalue weighted by Gasteiger charge is -2.28. The van der Waals surface area contributed by atoms with Crippen molar-refractivity contribution >= 4 is 29.5 Å². The standard InChI is InChI=1S/C19H20ClN3O/c1-13-4-5-15-11-14(2)23(21-12-16(15)10-13)19(24)22(3)18-8-6-17(20)7-9-18/h4-10,12,14H,11H2,1-3H3/t14-/m0/s1. The molecule has 4 nitrogen and oxygen atoms in total. The summed E-state index contributed by atoms with van der Waals surface area (Å²) in [6.07, 6.45) is 2.55. The third kappa shape index (κ3) is 3.29. The Bertz CT molecular complexity index is 786. The van der Waals surface area contributed by atoms with Crippen LogP contribution in [0.15, 0.2) is 47.6 Å². The molecule has 0 saturated heterocycles. The number of amides is 2. The molecule has 1 aliphatic heterocycles. The second-order valence-electron chi connectivity index (χ2n) is 6.16. The molecule has 124 valence electrons. The van der Waals surface area contributed by atoms with Crippen LogP contribution in [0.25, 0.3) is 0 Å². The molecule has 0 N–H and O–H groups in total. The number of rotatable bonds is 1. The molecular weight excluding hydrogens is 322 g/mol. The van der Waals surface area contributed by atoms with Gasteiger partial charge in [0.1, 0.15) is 0 Å². The molecule has 0 fully saturated rings. The minimum Gasteiger partial charge on any atom is -0.296 e. The lowest BCUT2D eigenvalue weighted by atomic mass is 10.00. The van der Waals surface area contributed by atoms with E-state index < -0.39 is 0 Å². The van der Waals surface area contributed by atoms with Gasteiger partial charge in [-0.3, -0.25) is 4.90 Å². The van der Waals surface area contributed by atoms with E-state index in [4.69, 9.17) is 11.6 Å². The second kappa shape index (κ2) is 6.65. The number of urea groups is 1. The van der Waals surface area contributed by atoms with Crippen molar-refractivity contribution in [3.05, 3.63) is 64.2 Å². The molecule has 0 saturated carbocycles. The molecule has 1 aliphatic rings. The highest BCUT2D eigenvalue weighted by molar-refractivity contribution is 6.30. The van der Waals surface area contributed by atoms with E-state index in [2.05, 4.69) is 30.2 Å². The molecule has 0 spiro atoms. The van der Waals surface area contributed by atoms with Crippen LogP contribution in [-0.2, 0) is 6.42 Å². The number of carbonyl (C=O) groups excluding carboxylic acids is 1. The minimum atomic E-state index is -0.161. The molecule has 0 radical (unpaired) electrons. The number of nitrogens with zero attached hydrogens (tertiary/aromatic N) is 3. The Labute approximate surface area is 147 Å². The Kier molecular flexibility index (Phi) is 4.58. The zero-order valence-electron chi connectivity index (χ0n) is 14.0. The fourth-order valence-electron chi connectivity index (χ4n) is 2.83. The van der Waals surface area contributed by atoms with Gasteiger partial charge in [0.2, 0.25) is 0 Å². The first-order valence-electron chi connectivity index (χ1n) is 7.91. The minimum absolute atomic E-state index is 0.0209. The van der Waals surface area contributed by atoms with Crippen LogP contribution >= 0.6 is 11.6 Å². The largest absolute Gasteiger partial charge is 0.344 e. The fourth-order valence-corrected chi connectivity index (χ4v) is 2.96. The average molecular weight is 342 g/mol. The van der Waals surface area contributed by atoms with Gasteiger partial charge in [-0.25, -0.2) is 9.80 Å². The first-order chi connectivity index (χ1) is 11.5. The molecule has 2 aromatic carbocycles. The van der Waals surface area contributed by atoms with Gasteiger partial charge in [-0.2, -0.15) is 5.10 Å². The van der Waals surface area contributed by atoms with Crippen molar-refractivity contribution in [2.75, 3.05) is 11.9 Å². The van der Waals surface area contributed by atoms with Crippen molar-refractivity contribution in [1.82, 2.24) is 5.01 Å². The van der Waals surface area contributed by atoms with E-state index in [0.717, 1.165) is 17.7 Å². The molecule has 2 aromatic rings. The van der Waals surface area contributed by atoms with Crippen LogP contribution in [0.5, 0.6) is 0 Å². The molecule has 0 aliphatic carbocycles. The van der Waals surface area contributed by atoms with Crippen molar-refractivity contribution in [3.63, 3.8) is 0 Å². The smallest absolute Gasteiger partial charge is 0.296 e. The molecule has 0 bridgehead atoms. The van der Waals surface area contributed by atoms with Gasteiger partial charge in [0, 0.05) is 17.8 Å². The zero-order chi connectivity index (χ0) is 17.3. The van der Waals surface area contributed by atoms with Gasteiger partial charge in [-0.05, 0) is 55.7 Å². The highest BCUT2D eigenvalue weighted by atomic mass is 35.5. The maximum Gasteiger partial charge on any atom is 0.344 e. The number of hydrogen-bond acceptors (Lipinski definition) is 2. The van der Waals surface area contributed by atoms with Crippen molar-refractivity contribution in [3.8, 4) is 0 Å². The zero-order valence-corrected chi connectivity index (χ0v) is 14.8. The van der Waals surface area contributed by atoms with E-state index in [0.29, 0.717) is 5.02 Å². The average Bonchev–Trinajstić information content (AvgIpc) is 2.72. The van der Waals surface area contributed by atoms with Crippen LogP contribution in [0.4, 0.5) is 10.5 Å². The summed E-state index contributed by atoms with van der Waals surface area (Å²) in [7, 11) is 1.75. The Hall–Kier alpha value is -2.33. The van der Waals surface area contributed by atoms with Crippen LogP contribution in [0.1, 0.15) is 23.6 Å². The van der Waals surface area contributed by atoms with Crippen molar-refractivity contribution in [2.24, 2.45) is 5.10 Å². The molecule has 0 unspecified atom stereocenters. The number of fused-ring (bicyclic) bond motifs is 1. The Morgan fingerprint density at radius 3 is 2.67 bits per heavy atom. The highest BCUT2D eigenvalue weighted by Gasteiger charge is 2.26. The quantitative estimate of drug-likeness (QED) is 0.753. The normalized spacial score (nSPS) is 16.5. The Morgan fingerprint density at radius 2 is 1.96 bits per heavy atom. The van der Waals surface area contributed by atoms with E-state index in [1.165, 1.54) is 11.1 Å². The SMILES string of the molecule is Cc1ccc2c(c1)C=NN(C(=O)N(C)c1ccc(Cl)cc1)[C@@H](C)C2. The van der Waals surface area contributed by atoms with Crippen LogP contribution in [-0.4, -0.2) is 30.3 Å². The Balaban J connectivity index is 1.85. The van der Waals surface area contributed by atoms with Crippen molar-refractivity contribution < 1.29 is 4.79 Å². The van der Waals surface area contributed by atoms with Crippen molar-refractivity contribution in [2.45, 2.75) is 26.3 Å². The predicted molar refractivity (Wildman–Crippen MR) is 99.0 cm³/mol. The number of anilines is 1. The maximum absolute atomic E-state index is 12.9. The Morgan fingerprint density at radius 1 is 1.25 bits per heavy atom. The second-order valence-corrected chi connectivity index (χ2v) is 6.60. The molecule has 1 heterocycles. The lowest BCUT2D eigenvalue weighted by molar-refractivity contribution is 0.190. The monoisotopic (exact) mass is 341 g/mol. The van der Waals surface area contributed by atoms with E-state index in [1.807, 2.05) is 19.1 Å². The summed E-state index contributed by atoms with van der Waals surface area (Å²) in [5.74, 6) is 0. The van der Waals surface area contributed by atoms with Gasteiger partial charge in [0.15, 0.2) is 0 Å². The summed E-state index contributed by atoms with van der Waals surface area (Å²) in [4.78, 5) is 14.5. The van der Waals surface area contributed by atoms with Crippen LogP contribution in [0, 0.1) is 6.92 Å². The van der Waals surface area contributed by atoms with Crippen LogP contribution in [0.3, 0.4) is 0 Å². The molecule has 24 heavy (non-hydrogen) atoms. The van der Waals surface area contributed by atoms with Crippen LogP contribution < -0.4 is 4.90 Å². The molecule has 0 aromatic heterocycles. The number of hydrazone groups is 1. The number of halogens is 1. The molecular formula is C19H20ClN3O. The van der Waals surface area contributed by atoms with E-state index in [-0.39, 0.29) is 12.1 Å². The topological polar surface area (TPSA) is 35.9 Å². The van der Waals surface area contributed by atoms with E-state index >= 15 is 0 Å². The number of hydrogen-bond donors (Lipinski definition) is 0. The summed E-state index contributed by atoms with van der Waals surface area (Å²) in [6.45, 7) is 4.07. The molecule has 3 rings (SSSR count). The molecule has 2 amide bonds. The van der Waals surface area contributed by atoms with Gasteiger partial charge in [-0.15, -0.1) is 0 Å². The number of benzene rings is 2. The van der Waals surface area contributed by atoms with Gasteiger partial charge in [0.05, 0.1) is 12.3 Å². The first-order valence-corrected chi connectivity index (χ1v) is 8.29. The third-order valence-corrected chi connectivity index (χ3v) is 4.50. The van der Waals surface area contributed by atoms with Crippen LogP contribution in [0.2, 0.25) is 5.02 Å². The summed E-state index contributed by atoms with van der Waals surface area (Å²) < 4.78 is 0. The number of aryl methyl sites for hydroxylation is 1. The predicted octanol–water partition coefficient (Wildman–Crippen LogP) is 4.49. The molecule has 5 heteroatoms. The lowest BCUT2D eigenvalue weighted by Crippen LogP contribution is -2.43. The summed E-state index contributed by atoms with van der Waals surface area (Å²) >= 11 is 5.92. The summed E-state index contributed by atoms with van der Waals surface area (Å²) in [5.41, 5.74) is 4.25. The van der Waals surface area contributed by atoms with Gasteiger partial charge in [-0.1, -0.05) is 35.4 Å². The van der Waals surface area contributed by atoms with Gasteiger partial charge in [0.25, 0.3) is 0 Å². The fraction of sp³-hybridized carbons (Fsp3) is 0.263. The van der Waals surface area contributed by atoms with E-state index in [1.54, 1.807) is 35.3 Å². The summed E-state index contributed by atoms with van der Waals surface area (Å²) in [5, 5.41) is 6.63. The van der Waals surface area contributed by atoms with Gasteiger partial charge < -0.3 is 0 Å². The van der Waals surface area contributed by atoms with E-state index in [9.17, 15) is 4.79 Å².